The zero-order valence-electron chi connectivity index (χ0n) is 13.3. The second-order valence-electron chi connectivity index (χ2n) is 5.90. The summed E-state index contributed by atoms with van der Waals surface area (Å²) in [4.78, 5) is 7.14. The van der Waals surface area contributed by atoms with E-state index in [1.807, 2.05) is 0 Å². The highest BCUT2D eigenvalue weighted by atomic mass is 127. The zero-order valence-corrected chi connectivity index (χ0v) is 15.6. The lowest BCUT2D eigenvalue weighted by molar-refractivity contribution is 0.245. The zero-order chi connectivity index (χ0) is 14.1. The Kier molecular flexibility index (Phi) is 11.6. The molecule has 1 aliphatic heterocycles. The molecule has 0 aliphatic carbocycles. The van der Waals surface area contributed by atoms with E-state index in [0.29, 0.717) is 11.8 Å². The molecule has 0 radical (unpaired) electrons. The predicted octanol–water partition coefficient (Wildman–Crippen LogP) is 2.71. The number of rotatable bonds is 7. The third kappa shape index (κ3) is 7.67. The maximum atomic E-state index is 9.16. The summed E-state index contributed by atoms with van der Waals surface area (Å²) in [6.45, 7) is 10.9. The summed E-state index contributed by atoms with van der Waals surface area (Å²) in [6, 6.07) is 0. The van der Waals surface area contributed by atoms with Crippen molar-refractivity contribution >= 4 is 29.9 Å². The van der Waals surface area contributed by atoms with Crippen LogP contribution in [-0.4, -0.2) is 48.8 Å². The van der Waals surface area contributed by atoms with Crippen LogP contribution in [0.5, 0.6) is 0 Å². The van der Waals surface area contributed by atoms with Crippen LogP contribution in [0.4, 0.5) is 0 Å². The lowest BCUT2D eigenvalue weighted by atomic mass is 9.94. The molecule has 1 saturated heterocycles. The van der Waals surface area contributed by atoms with Crippen molar-refractivity contribution in [3.63, 3.8) is 0 Å². The molecule has 0 spiro atoms. The van der Waals surface area contributed by atoms with Gasteiger partial charge in [0.25, 0.3) is 0 Å². The van der Waals surface area contributed by atoms with Crippen LogP contribution in [0, 0.1) is 11.8 Å². The number of aliphatic hydroxyl groups excluding tert-OH is 1. The molecule has 120 valence electrons. The minimum atomic E-state index is 0. The van der Waals surface area contributed by atoms with Gasteiger partial charge in [0.1, 0.15) is 0 Å². The third-order valence-electron chi connectivity index (χ3n) is 3.58. The normalized spacial score (nSPS) is 17.2. The molecule has 0 amide bonds. The van der Waals surface area contributed by atoms with E-state index in [0.717, 1.165) is 45.0 Å². The van der Waals surface area contributed by atoms with Crippen LogP contribution >= 0.6 is 24.0 Å². The number of halogens is 1. The van der Waals surface area contributed by atoms with Crippen LogP contribution in [0.2, 0.25) is 0 Å². The maximum Gasteiger partial charge on any atom is 0.193 e. The molecular weight excluding hydrogens is 365 g/mol. The van der Waals surface area contributed by atoms with Crippen molar-refractivity contribution in [3.05, 3.63) is 0 Å². The largest absolute Gasteiger partial charge is 0.396 e. The van der Waals surface area contributed by atoms with Crippen molar-refractivity contribution in [1.29, 1.82) is 0 Å². The number of aliphatic imine (C=N–C) groups is 1. The quantitative estimate of drug-likeness (QED) is 0.395. The molecule has 20 heavy (non-hydrogen) atoms. The van der Waals surface area contributed by atoms with Crippen LogP contribution < -0.4 is 5.32 Å². The van der Waals surface area contributed by atoms with Crippen LogP contribution in [0.1, 0.15) is 46.5 Å². The van der Waals surface area contributed by atoms with Crippen LogP contribution in [0.15, 0.2) is 4.99 Å². The summed E-state index contributed by atoms with van der Waals surface area (Å²) in [7, 11) is 0. The summed E-state index contributed by atoms with van der Waals surface area (Å²) in [5, 5.41) is 12.5. The Morgan fingerprint density at radius 1 is 1.30 bits per heavy atom. The van der Waals surface area contributed by atoms with Crippen LogP contribution in [0.25, 0.3) is 0 Å². The number of hydrogen-bond donors (Lipinski definition) is 2. The van der Waals surface area contributed by atoms with E-state index >= 15 is 0 Å². The van der Waals surface area contributed by atoms with Crippen molar-refractivity contribution in [2.24, 2.45) is 16.8 Å². The number of guanidine groups is 1. The monoisotopic (exact) mass is 397 g/mol. The third-order valence-corrected chi connectivity index (χ3v) is 3.58. The van der Waals surface area contributed by atoms with Crippen molar-refractivity contribution in [2.75, 3.05) is 32.8 Å². The van der Waals surface area contributed by atoms with Crippen molar-refractivity contribution < 1.29 is 5.11 Å². The Morgan fingerprint density at radius 3 is 2.45 bits per heavy atom. The number of nitrogens with zero attached hydrogens (tertiary/aromatic N) is 2. The van der Waals surface area contributed by atoms with Crippen LogP contribution in [0.3, 0.4) is 0 Å². The summed E-state index contributed by atoms with van der Waals surface area (Å²) in [6.07, 6.45) is 4.55. The Bertz CT molecular complexity index is 266. The van der Waals surface area contributed by atoms with Gasteiger partial charge >= 0.3 is 0 Å². The molecule has 1 atom stereocenters. The highest BCUT2D eigenvalue weighted by Crippen LogP contribution is 2.16. The van der Waals surface area contributed by atoms with E-state index in [1.165, 1.54) is 12.8 Å². The highest BCUT2D eigenvalue weighted by molar-refractivity contribution is 14.0. The SMILES string of the molecule is CCNC(=NCC(CCO)CC(C)C)N1CCCC1.I. The molecule has 1 fully saturated rings. The minimum Gasteiger partial charge on any atom is -0.396 e. The van der Waals surface area contributed by atoms with Crippen molar-refractivity contribution in [2.45, 2.75) is 46.5 Å². The molecular formula is C15H32IN3O. The van der Waals surface area contributed by atoms with Gasteiger partial charge in [-0.2, -0.15) is 0 Å². The number of hydrogen-bond acceptors (Lipinski definition) is 2. The first kappa shape index (κ1) is 20.0. The average Bonchev–Trinajstić information content (AvgIpc) is 2.87. The first-order valence-corrected chi connectivity index (χ1v) is 7.81. The van der Waals surface area contributed by atoms with E-state index in [-0.39, 0.29) is 30.6 Å². The van der Waals surface area contributed by atoms with E-state index < -0.39 is 0 Å². The summed E-state index contributed by atoms with van der Waals surface area (Å²) in [5.74, 6) is 2.23. The van der Waals surface area contributed by atoms with Gasteiger partial charge in [-0.3, -0.25) is 4.99 Å². The summed E-state index contributed by atoms with van der Waals surface area (Å²) in [5.41, 5.74) is 0. The second-order valence-corrected chi connectivity index (χ2v) is 5.90. The van der Waals surface area contributed by atoms with Gasteiger partial charge in [0.15, 0.2) is 5.96 Å². The van der Waals surface area contributed by atoms with Crippen molar-refractivity contribution in [3.8, 4) is 0 Å². The standard InChI is InChI=1S/C15H31N3O.HI/c1-4-16-15(18-8-5-6-9-18)17-12-14(7-10-19)11-13(2)3;/h13-14,19H,4-12H2,1-3H3,(H,16,17);1H. The number of nitrogens with one attached hydrogen (secondary N) is 1. The van der Waals surface area contributed by atoms with Gasteiger partial charge < -0.3 is 15.3 Å². The van der Waals surface area contributed by atoms with Gasteiger partial charge in [-0.15, -0.1) is 24.0 Å². The smallest absolute Gasteiger partial charge is 0.193 e. The average molecular weight is 397 g/mol. The highest BCUT2D eigenvalue weighted by Gasteiger charge is 2.16. The Hall–Kier alpha value is -0.0400. The van der Waals surface area contributed by atoms with Gasteiger partial charge in [-0.25, -0.2) is 0 Å². The Morgan fingerprint density at radius 2 is 1.95 bits per heavy atom. The van der Waals surface area contributed by atoms with E-state index in [1.54, 1.807) is 0 Å². The molecule has 0 aromatic carbocycles. The number of aliphatic hydroxyl groups is 1. The van der Waals surface area contributed by atoms with E-state index in [9.17, 15) is 0 Å². The molecule has 5 heteroatoms. The molecule has 1 heterocycles. The lowest BCUT2D eigenvalue weighted by Gasteiger charge is -2.22. The second kappa shape index (κ2) is 11.6. The first-order chi connectivity index (χ1) is 9.17. The van der Waals surface area contributed by atoms with Crippen molar-refractivity contribution in [1.82, 2.24) is 10.2 Å². The molecule has 0 aromatic rings. The van der Waals surface area contributed by atoms with Gasteiger partial charge in [-0.05, 0) is 44.4 Å². The number of likely N-dealkylation sites (tertiary alicyclic amines) is 1. The fraction of sp³-hybridized carbons (Fsp3) is 0.933. The maximum absolute atomic E-state index is 9.16. The molecule has 0 saturated carbocycles. The minimum absolute atomic E-state index is 0. The summed E-state index contributed by atoms with van der Waals surface area (Å²) < 4.78 is 0. The van der Waals surface area contributed by atoms with Gasteiger partial charge in [0.05, 0.1) is 0 Å². The summed E-state index contributed by atoms with van der Waals surface area (Å²) >= 11 is 0. The molecule has 4 nitrogen and oxygen atoms in total. The van der Waals surface area contributed by atoms with Gasteiger partial charge in [0, 0.05) is 32.8 Å². The molecule has 1 unspecified atom stereocenters. The molecule has 0 aromatic heterocycles. The molecule has 1 aliphatic rings. The van der Waals surface area contributed by atoms with Crippen LogP contribution in [-0.2, 0) is 0 Å². The topological polar surface area (TPSA) is 47.9 Å². The fourth-order valence-electron chi connectivity index (χ4n) is 2.70. The predicted molar refractivity (Wildman–Crippen MR) is 96.8 cm³/mol. The lowest BCUT2D eigenvalue weighted by Crippen LogP contribution is -2.40. The molecule has 1 rings (SSSR count). The Balaban J connectivity index is 0.00000361. The Labute approximate surface area is 141 Å². The molecule has 0 bridgehead atoms. The van der Waals surface area contributed by atoms with Gasteiger partial charge in [-0.1, -0.05) is 13.8 Å². The van der Waals surface area contributed by atoms with E-state index in [4.69, 9.17) is 10.1 Å². The first-order valence-electron chi connectivity index (χ1n) is 7.81. The van der Waals surface area contributed by atoms with Gasteiger partial charge in [0.2, 0.25) is 0 Å². The fourth-order valence-corrected chi connectivity index (χ4v) is 2.70. The van der Waals surface area contributed by atoms with E-state index in [2.05, 4.69) is 31.0 Å². The molecule has 2 N–H and O–H groups in total.